The van der Waals surface area contributed by atoms with Crippen LogP contribution >= 0.6 is 34.2 Å². The monoisotopic (exact) mass is 502 g/mol. The zero-order chi connectivity index (χ0) is 20.1. The van der Waals surface area contributed by atoms with Crippen molar-refractivity contribution < 1.29 is 9.90 Å². The molecule has 1 unspecified atom stereocenters. The van der Waals surface area contributed by atoms with Crippen LogP contribution in [-0.4, -0.2) is 11.0 Å². The Labute approximate surface area is 181 Å². The molecule has 0 aliphatic heterocycles. The van der Waals surface area contributed by atoms with Crippen LogP contribution in [0.2, 0.25) is 5.02 Å². The molecule has 0 fully saturated rings. The quantitative estimate of drug-likeness (QED) is 0.488. The van der Waals surface area contributed by atoms with Crippen molar-refractivity contribution in [1.29, 1.82) is 5.26 Å². The molecular weight excluding hydrogens is 487 g/mol. The van der Waals surface area contributed by atoms with Crippen LogP contribution in [0.5, 0.6) is 0 Å². The topological polar surface area (TPSA) is 73.1 Å². The van der Waals surface area contributed by atoms with E-state index in [0.29, 0.717) is 16.8 Å². The Morgan fingerprint density at radius 3 is 2.39 bits per heavy atom. The number of nitriles is 1. The van der Waals surface area contributed by atoms with Crippen molar-refractivity contribution in [2.45, 2.75) is 12.0 Å². The minimum Gasteiger partial charge on any atom is -0.375 e. The average Bonchev–Trinajstić information content (AvgIpc) is 2.70. The van der Waals surface area contributed by atoms with E-state index < -0.39 is 11.5 Å². The minimum absolute atomic E-state index is 0.115. The summed E-state index contributed by atoms with van der Waals surface area (Å²) in [6.45, 7) is 0. The van der Waals surface area contributed by atoms with Crippen LogP contribution in [0.15, 0.2) is 72.8 Å². The first-order valence-corrected chi connectivity index (χ1v) is 9.91. The number of anilines is 1. The molecule has 0 aliphatic carbocycles. The van der Waals surface area contributed by atoms with Gasteiger partial charge in [0.05, 0.1) is 10.6 Å². The van der Waals surface area contributed by atoms with Gasteiger partial charge in [-0.2, -0.15) is 5.26 Å². The molecule has 0 radical (unpaired) electrons. The lowest BCUT2D eigenvalue weighted by molar-refractivity contribution is -0.135. The summed E-state index contributed by atoms with van der Waals surface area (Å²) in [7, 11) is 0. The van der Waals surface area contributed by atoms with Gasteiger partial charge in [0, 0.05) is 15.7 Å². The van der Waals surface area contributed by atoms with Crippen LogP contribution < -0.4 is 5.32 Å². The van der Waals surface area contributed by atoms with Gasteiger partial charge in [-0.3, -0.25) is 4.79 Å². The van der Waals surface area contributed by atoms with Gasteiger partial charge in [-0.25, -0.2) is 0 Å². The molecule has 0 bridgehead atoms. The molecule has 140 valence electrons. The van der Waals surface area contributed by atoms with E-state index in [1.807, 2.05) is 36.4 Å². The van der Waals surface area contributed by atoms with E-state index in [9.17, 15) is 9.90 Å². The van der Waals surface area contributed by atoms with Gasteiger partial charge in [0.25, 0.3) is 5.91 Å². The zero-order valence-corrected chi connectivity index (χ0v) is 17.6. The number of carbonyl (C=O) groups is 1. The van der Waals surface area contributed by atoms with Gasteiger partial charge < -0.3 is 10.4 Å². The summed E-state index contributed by atoms with van der Waals surface area (Å²) in [6.07, 6.45) is 0.115. The lowest BCUT2D eigenvalue weighted by Crippen LogP contribution is -2.42. The van der Waals surface area contributed by atoms with E-state index in [2.05, 4.69) is 27.9 Å². The van der Waals surface area contributed by atoms with Gasteiger partial charge in [-0.15, -0.1) is 0 Å². The van der Waals surface area contributed by atoms with Gasteiger partial charge >= 0.3 is 0 Å². The number of nitrogens with zero attached hydrogens (tertiary/aromatic N) is 1. The first kappa shape index (κ1) is 20.3. The second-order valence-electron chi connectivity index (χ2n) is 6.29. The maximum absolute atomic E-state index is 13.1. The number of amides is 1. The van der Waals surface area contributed by atoms with Gasteiger partial charge in [0.15, 0.2) is 5.60 Å². The van der Waals surface area contributed by atoms with E-state index in [0.717, 1.165) is 9.13 Å². The lowest BCUT2D eigenvalue weighted by atomic mass is 9.86. The third kappa shape index (κ3) is 4.53. The molecule has 28 heavy (non-hydrogen) atoms. The highest BCUT2D eigenvalue weighted by Crippen LogP contribution is 2.29. The van der Waals surface area contributed by atoms with Crippen LogP contribution in [0.3, 0.4) is 0 Å². The molecule has 0 spiro atoms. The van der Waals surface area contributed by atoms with Crippen molar-refractivity contribution >= 4 is 45.8 Å². The Kier molecular flexibility index (Phi) is 6.35. The SMILES string of the molecule is N#Cc1ccc(NC(=O)C(O)(Cc2ccc(I)cc2)c2ccccc2)cc1Cl. The van der Waals surface area contributed by atoms with Crippen molar-refractivity contribution in [3.63, 3.8) is 0 Å². The Balaban J connectivity index is 1.94. The highest BCUT2D eigenvalue weighted by molar-refractivity contribution is 14.1. The van der Waals surface area contributed by atoms with Crippen LogP contribution in [-0.2, 0) is 16.8 Å². The molecule has 2 N–H and O–H groups in total. The highest BCUT2D eigenvalue weighted by Gasteiger charge is 2.38. The van der Waals surface area contributed by atoms with Crippen LogP contribution in [0, 0.1) is 14.9 Å². The van der Waals surface area contributed by atoms with Crippen molar-refractivity contribution in [2.75, 3.05) is 5.32 Å². The van der Waals surface area contributed by atoms with E-state index in [1.165, 1.54) is 12.1 Å². The van der Waals surface area contributed by atoms with Crippen molar-refractivity contribution in [2.24, 2.45) is 0 Å². The molecule has 3 aromatic rings. The molecule has 0 aliphatic rings. The summed E-state index contributed by atoms with van der Waals surface area (Å²) in [4.78, 5) is 13.1. The Hall–Kier alpha value is -2.40. The van der Waals surface area contributed by atoms with Crippen LogP contribution in [0.1, 0.15) is 16.7 Å². The second kappa shape index (κ2) is 8.74. The van der Waals surface area contributed by atoms with E-state index in [1.54, 1.807) is 30.3 Å². The maximum Gasteiger partial charge on any atom is 0.261 e. The number of halogens is 2. The predicted molar refractivity (Wildman–Crippen MR) is 118 cm³/mol. The first-order valence-electron chi connectivity index (χ1n) is 8.46. The number of benzene rings is 3. The van der Waals surface area contributed by atoms with Gasteiger partial charge in [-0.1, -0.05) is 54.1 Å². The third-order valence-corrected chi connectivity index (χ3v) is 5.38. The Bertz CT molecular complexity index is 1030. The third-order valence-electron chi connectivity index (χ3n) is 4.35. The number of hydrogen-bond donors (Lipinski definition) is 2. The number of carbonyl (C=O) groups excluding carboxylic acids is 1. The molecule has 0 heterocycles. The number of hydrogen-bond acceptors (Lipinski definition) is 3. The summed E-state index contributed by atoms with van der Waals surface area (Å²) >= 11 is 8.26. The Morgan fingerprint density at radius 1 is 1.11 bits per heavy atom. The molecule has 0 saturated heterocycles. The van der Waals surface area contributed by atoms with Crippen molar-refractivity contribution in [3.05, 3.63) is 98.1 Å². The molecule has 3 aromatic carbocycles. The molecule has 0 aromatic heterocycles. The molecular formula is C22H16ClIN2O2. The fourth-order valence-electron chi connectivity index (χ4n) is 2.84. The van der Waals surface area contributed by atoms with Gasteiger partial charge in [-0.05, 0) is 64.0 Å². The van der Waals surface area contributed by atoms with E-state index >= 15 is 0 Å². The normalized spacial score (nSPS) is 12.6. The smallest absolute Gasteiger partial charge is 0.261 e. The number of rotatable bonds is 5. The number of nitrogens with one attached hydrogen (secondary N) is 1. The summed E-state index contributed by atoms with van der Waals surface area (Å²) in [6, 6.07) is 23.0. The average molecular weight is 503 g/mol. The molecule has 4 nitrogen and oxygen atoms in total. The fourth-order valence-corrected chi connectivity index (χ4v) is 3.43. The lowest BCUT2D eigenvalue weighted by Gasteiger charge is -2.28. The summed E-state index contributed by atoms with van der Waals surface area (Å²) in [5, 5.41) is 23.4. The predicted octanol–water partition coefficient (Wildman–Crippen LogP) is 4.89. The fraction of sp³-hybridized carbons (Fsp3) is 0.0909. The summed E-state index contributed by atoms with van der Waals surface area (Å²) in [5.41, 5.74) is 0.280. The van der Waals surface area contributed by atoms with E-state index in [4.69, 9.17) is 16.9 Å². The Morgan fingerprint density at radius 2 is 1.79 bits per heavy atom. The van der Waals surface area contributed by atoms with E-state index in [-0.39, 0.29) is 11.4 Å². The molecule has 1 atom stereocenters. The second-order valence-corrected chi connectivity index (χ2v) is 7.94. The van der Waals surface area contributed by atoms with Crippen molar-refractivity contribution in [3.8, 4) is 6.07 Å². The number of aliphatic hydroxyl groups is 1. The van der Waals surface area contributed by atoms with Gasteiger partial charge in [0.2, 0.25) is 0 Å². The minimum atomic E-state index is -1.77. The molecule has 1 amide bonds. The van der Waals surface area contributed by atoms with Crippen LogP contribution in [0.25, 0.3) is 0 Å². The molecule has 3 rings (SSSR count). The summed E-state index contributed by atoms with van der Waals surface area (Å²) in [5.74, 6) is -0.571. The maximum atomic E-state index is 13.1. The largest absolute Gasteiger partial charge is 0.375 e. The van der Waals surface area contributed by atoms with Crippen LogP contribution in [0.4, 0.5) is 5.69 Å². The zero-order valence-electron chi connectivity index (χ0n) is 14.7. The summed E-state index contributed by atoms with van der Waals surface area (Å²) < 4.78 is 1.07. The van der Waals surface area contributed by atoms with Gasteiger partial charge in [0.1, 0.15) is 6.07 Å². The highest BCUT2D eigenvalue weighted by atomic mass is 127. The first-order chi connectivity index (χ1) is 13.4. The van der Waals surface area contributed by atoms with Crippen molar-refractivity contribution in [1.82, 2.24) is 0 Å². The molecule has 6 heteroatoms. The molecule has 0 saturated carbocycles. The standard InChI is InChI=1S/C22H16ClIN2O2/c23-20-12-19(11-8-16(20)14-25)26-21(27)22(28,17-4-2-1-3-5-17)13-15-6-9-18(24)10-7-15/h1-12,28H,13H2,(H,26,27).